The standard InChI is InChI=1S/C27H36ClN3O/c1-21-5-4-12-31(18-21)20-23-7-2-6-22(15-23)17-29-27(32)25-10-13-30(14-11-25)19-24-8-3-9-26(28)16-24/h2-3,6-9,15-16,21,25H,4-5,10-14,17-20H2,1H3,(H,29,32). The molecule has 1 atom stereocenters. The van der Waals surface area contributed by atoms with Crippen molar-refractivity contribution in [1.82, 2.24) is 15.1 Å². The molecule has 2 heterocycles. The van der Waals surface area contributed by atoms with Gasteiger partial charge in [-0.3, -0.25) is 14.6 Å². The zero-order chi connectivity index (χ0) is 22.3. The molecule has 2 aromatic carbocycles. The van der Waals surface area contributed by atoms with E-state index >= 15 is 0 Å². The van der Waals surface area contributed by atoms with Crippen molar-refractivity contribution in [3.8, 4) is 0 Å². The molecule has 0 radical (unpaired) electrons. The average molecular weight is 454 g/mol. The molecule has 2 saturated heterocycles. The number of nitrogens with one attached hydrogen (secondary N) is 1. The smallest absolute Gasteiger partial charge is 0.223 e. The summed E-state index contributed by atoms with van der Waals surface area (Å²) in [5, 5.41) is 3.97. The average Bonchev–Trinajstić information content (AvgIpc) is 2.78. The monoisotopic (exact) mass is 453 g/mol. The second-order valence-electron chi connectivity index (χ2n) is 9.70. The van der Waals surface area contributed by atoms with Crippen LogP contribution in [0.1, 0.15) is 49.3 Å². The summed E-state index contributed by atoms with van der Waals surface area (Å²) < 4.78 is 0. The Hall–Kier alpha value is -1.88. The molecule has 4 nitrogen and oxygen atoms in total. The molecule has 1 N–H and O–H groups in total. The van der Waals surface area contributed by atoms with Gasteiger partial charge in [0.25, 0.3) is 0 Å². The van der Waals surface area contributed by atoms with E-state index in [1.165, 1.54) is 42.6 Å². The Kier molecular flexibility index (Phi) is 8.23. The Morgan fingerprint density at radius 3 is 2.38 bits per heavy atom. The van der Waals surface area contributed by atoms with Gasteiger partial charge in [0, 0.05) is 37.1 Å². The first kappa shape index (κ1) is 23.3. The maximum Gasteiger partial charge on any atom is 0.223 e. The van der Waals surface area contributed by atoms with Gasteiger partial charge in [-0.25, -0.2) is 0 Å². The van der Waals surface area contributed by atoms with E-state index in [1.807, 2.05) is 18.2 Å². The Morgan fingerprint density at radius 1 is 0.938 bits per heavy atom. The molecule has 0 bridgehead atoms. The first-order chi connectivity index (χ1) is 15.5. The molecule has 0 aliphatic carbocycles. The van der Waals surface area contributed by atoms with Gasteiger partial charge in [-0.05, 0) is 80.1 Å². The predicted molar refractivity (Wildman–Crippen MR) is 131 cm³/mol. The number of hydrogen-bond acceptors (Lipinski definition) is 3. The number of amides is 1. The zero-order valence-corrected chi connectivity index (χ0v) is 20.0. The molecule has 0 spiro atoms. The van der Waals surface area contributed by atoms with E-state index in [2.05, 4.69) is 52.4 Å². The van der Waals surface area contributed by atoms with Crippen molar-refractivity contribution < 1.29 is 4.79 Å². The van der Waals surface area contributed by atoms with Crippen molar-refractivity contribution in [1.29, 1.82) is 0 Å². The molecular weight excluding hydrogens is 418 g/mol. The van der Waals surface area contributed by atoms with Crippen LogP contribution in [0.5, 0.6) is 0 Å². The summed E-state index contributed by atoms with van der Waals surface area (Å²) in [7, 11) is 0. The molecule has 2 aliphatic rings. The molecule has 0 saturated carbocycles. The second-order valence-corrected chi connectivity index (χ2v) is 10.1. The van der Waals surface area contributed by atoms with Crippen molar-refractivity contribution in [2.24, 2.45) is 11.8 Å². The number of likely N-dealkylation sites (tertiary alicyclic amines) is 2. The summed E-state index contributed by atoms with van der Waals surface area (Å²) >= 11 is 6.10. The lowest BCUT2D eigenvalue weighted by Gasteiger charge is -2.31. The Morgan fingerprint density at radius 2 is 1.62 bits per heavy atom. The van der Waals surface area contributed by atoms with Crippen molar-refractivity contribution in [2.45, 2.75) is 52.2 Å². The zero-order valence-electron chi connectivity index (χ0n) is 19.2. The normalized spacial score (nSPS) is 20.9. The van der Waals surface area contributed by atoms with E-state index in [1.54, 1.807) is 0 Å². The van der Waals surface area contributed by atoms with E-state index in [0.29, 0.717) is 6.54 Å². The summed E-state index contributed by atoms with van der Waals surface area (Å²) in [6.07, 6.45) is 4.48. The van der Waals surface area contributed by atoms with Crippen LogP contribution in [0.3, 0.4) is 0 Å². The molecule has 172 valence electrons. The van der Waals surface area contributed by atoms with Crippen LogP contribution in [0, 0.1) is 11.8 Å². The SMILES string of the molecule is CC1CCCN(Cc2cccc(CNC(=O)C3CCN(Cc4cccc(Cl)c4)CC3)c2)C1. The van der Waals surface area contributed by atoms with Gasteiger partial charge < -0.3 is 5.32 Å². The maximum atomic E-state index is 12.8. The van der Waals surface area contributed by atoms with Crippen LogP contribution in [0.4, 0.5) is 0 Å². The van der Waals surface area contributed by atoms with E-state index in [-0.39, 0.29) is 11.8 Å². The van der Waals surface area contributed by atoms with E-state index in [9.17, 15) is 4.79 Å². The molecular formula is C27H36ClN3O. The van der Waals surface area contributed by atoms with Gasteiger partial charge in [-0.15, -0.1) is 0 Å². The third kappa shape index (κ3) is 6.81. The minimum atomic E-state index is 0.114. The fourth-order valence-corrected chi connectivity index (χ4v) is 5.32. The van der Waals surface area contributed by atoms with Crippen LogP contribution < -0.4 is 5.32 Å². The van der Waals surface area contributed by atoms with E-state index in [4.69, 9.17) is 11.6 Å². The summed E-state index contributed by atoms with van der Waals surface area (Å²) in [4.78, 5) is 17.7. The second kappa shape index (κ2) is 11.3. The molecule has 5 heteroatoms. The highest BCUT2D eigenvalue weighted by atomic mass is 35.5. The first-order valence-corrected chi connectivity index (χ1v) is 12.5. The fraction of sp³-hybridized carbons (Fsp3) is 0.519. The molecule has 2 fully saturated rings. The number of piperidine rings is 2. The number of nitrogens with zero attached hydrogens (tertiary/aromatic N) is 2. The summed E-state index contributed by atoms with van der Waals surface area (Å²) in [5.41, 5.74) is 3.78. The molecule has 1 amide bonds. The Balaban J connectivity index is 1.21. The fourth-order valence-electron chi connectivity index (χ4n) is 5.11. The van der Waals surface area contributed by atoms with Gasteiger partial charge in [0.1, 0.15) is 0 Å². The largest absolute Gasteiger partial charge is 0.352 e. The molecule has 4 rings (SSSR count). The summed E-state index contributed by atoms with van der Waals surface area (Å²) in [6.45, 7) is 9.17. The quantitative estimate of drug-likeness (QED) is 0.633. The topological polar surface area (TPSA) is 35.6 Å². The van der Waals surface area contributed by atoms with Gasteiger partial charge in [-0.1, -0.05) is 54.9 Å². The predicted octanol–water partition coefficient (Wildman–Crippen LogP) is 5.10. The number of hydrogen-bond donors (Lipinski definition) is 1. The van der Waals surface area contributed by atoms with Crippen LogP contribution in [-0.4, -0.2) is 41.9 Å². The van der Waals surface area contributed by atoms with E-state index < -0.39 is 0 Å². The van der Waals surface area contributed by atoms with Crippen molar-refractivity contribution in [3.63, 3.8) is 0 Å². The highest BCUT2D eigenvalue weighted by Crippen LogP contribution is 2.21. The molecule has 32 heavy (non-hydrogen) atoms. The number of carbonyl (C=O) groups excluding carboxylic acids is 1. The molecule has 2 aliphatic heterocycles. The van der Waals surface area contributed by atoms with Crippen LogP contribution in [0.15, 0.2) is 48.5 Å². The lowest BCUT2D eigenvalue weighted by molar-refractivity contribution is -0.126. The number of rotatable bonds is 7. The number of benzene rings is 2. The highest BCUT2D eigenvalue weighted by Gasteiger charge is 2.25. The highest BCUT2D eigenvalue weighted by molar-refractivity contribution is 6.30. The first-order valence-electron chi connectivity index (χ1n) is 12.1. The van der Waals surface area contributed by atoms with Crippen LogP contribution in [-0.2, 0) is 24.4 Å². The third-order valence-corrected chi connectivity index (χ3v) is 7.09. The minimum absolute atomic E-state index is 0.114. The molecule has 1 unspecified atom stereocenters. The van der Waals surface area contributed by atoms with Gasteiger partial charge in [0.15, 0.2) is 0 Å². The minimum Gasteiger partial charge on any atom is -0.352 e. The summed E-state index contributed by atoms with van der Waals surface area (Å²) in [5.74, 6) is 1.11. The van der Waals surface area contributed by atoms with Crippen molar-refractivity contribution in [2.75, 3.05) is 26.2 Å². The van der Waals surface area contributed by atoms with Crippen LogP contribution >= 0.6 is 11.6 Å². The number of carbonyl (C=O) groups is 1. The lowest BCUT2D eigenvalue weighted by Crippen LogP contribution is -2.40. The maximum absolute atomic E-state index is 12.8. The molecule has 2 aromatic rings. The van der Waals surface area contributed by atoms with Gasteiger partial charge in [-0.2, -0.15) is 0 Å². The lowest BCUT2D eigenvalue weighted by atomic mass is 9.95. The van der Waals surface area contributed by atoms with Crippen molar-refractivity contribution >= 4 is 17.5 Å². The van der Waals surface area contributed by atoms with E-state index in [0.717, 1.165) is 50.0 Å². The number of halogens is 1. The van der Waals surface area contributed by atoms with Gasteiger partial charge >= 0.3 is 0 Å². The van der Waals surface area contributed by atoms with Crippen LogP contribution in [0.25, 0.3) is 0 Å². The third-order valence-electron chi connectivity index (χ3n) is 6.86. The van der Waals surface area contributed by atoms with Crippen LogP contribution in [0.2, 0.25) is 5.02 Å². The Labute approximate surface area is 197 Å². The Bertz CT molecular complexity index is 894. The van der Waals surface area contributed by atoms with Crippen molar-refractivity contribution in [3.05, 3.63) is 70.2 Å². The molecule has 0 aromatic heterocycles. The summed E-state index contributed by atoms with van der Waals surface area (Å²) in [6, 6.07) is 16.8. The van der Waals surface area contributed by atoms with Gasteiger partial charge in [0.2, 0.25) is 5.91 Å². The van der Waals surface area contributed by atoms with Gasteiger partial charge in [0.05, 0.1) is 0 Å².